The molecule has 2 aromatic rings. The molecule has 0 saturated carbocycles. The molecule has 0 aliphatic rings. The lowest BCUT2D eigenvalue weighted by molar-refractivity contribution is -0.150. The van der Waals surface area contributed by atoms with Gasteiger partial charge in [0.1, 0.15) is 11.7 Å². The van der Waals surface area contributed by atoms with Gasteiger partial charge in [-0.25, -0.2) is 8.78 Å². The Morgan fingerprint density at radius 2 is 1.82 bits per heavy atom. The van der Waals surface area contributed by atoms with Crippen LogP contribution in [0, 0.1) is 23.0 Å². The van der Waals surface area contributed by atoms with Gasteiger partial charge in [0.2, 0.25) is 5.91 Å². The molecule has 0 saturated heterocycles. The Hall–Kier alpha value is -2.92. The quantitative estimate of drug-likeness (QED) is 0.587. The molecule has 0 spiro atoms. The van der Waals surface area contributed by atoms with Crippen LogP contribution >= 0.6 is 11.3 Å². The fourth-order valence-electron chi connectivity index (χ4n) is 2.62. The number of ether oxygens (including phenoxy) is 1. The molecule has 180 valence electrons. The van der Waals surface area contributed by atoms with E-state index < -0.39 is 41.1 Å². The van der Waals surface area contributed by atoms with Gasteiger partial charge in [-0.1, -0.05) is 34.6 Å². The number of nitrogens with zero attached hydrogens (tertiary/aromatic N) is 2. The summed E-state index contributed by atoms with van der Waals surface area (Å²) in [6.45, 7) is 8.79. The second kappa shape index (κ2) is 10.8. The van der Waals surface area contributed by atoms with Gasteiger partial charge >= 0.3 is 5.97 Å². The maximum atomic E-state index is 14.5. The number of thiazole rings is 1. The highest BCUT2D eigenvalue weighted by Gasteiger charge is 2.21. The second-order valence-electron chi connectivity index (χ2n) is 9.04. The molecular weight excluding hydrogens is 454 g/mol. The number of esters is 1. The Bertz CT molecular complexity index is 1080. The standard InChI is InChI=1S/C22H28F2N4O4S/c1-12(2)17(25)20(31)32-11-28-6-7-33-21(28)27-19(30)13-8-14(23)18(15(24)9-13)26-16(29)10-22(3,4)5/h6-9,12,17H,10-11,25H2,1-5H3,(H,26,29)/b27-21-. The number of aromatic nitrogens is 1. The highest BCUT2D eigenvalue weighted by Crippen LogP contribution is 2.24. The predicted octanol–water partition coefficient (Wildman–Crippen LogP) is 3.43. The molecule has 0 aliphatic heterocycles. The highest BCUT2D eigenvalue weighted by atomic mass is 32.1. The van der Waals surface area contributed by atoms with Gasteiger partial charge in [-0.3, -0.25) is 19.0 Å². The number of hydrogen-bond donors (Lipinski definition) is 2. The van der Waals surface area contributed by atoms with Crippen LogP contribution in [0.5, 0.6) is 0 Å². The fourth-order valence-corrected chi connectivity index (χ4v) is 3.33. The molecule has 0 fully saturated rings. The summed E-state index contributed by atoms with van der Waals surface area (Å²) in [6, 6.07) is 0.822. The lowest BCUT2D eigenvalue weighted by Crippen LogP contribution is -2.37. The van der Waals surface area contributed by atoms with Crippen molar-refractivity contribution in [3.8, 4) is 0 Å². The molecule has 1 aromatic heterocycles. The zero-order valence-corrected chi connectivity index (χ0v) is 20.0. The molecule has 2 rings (SSSR count). The van der Waals surface area contributed by atoms with Crippen LogP contribution < -0.4 is 15.9 Å². The number of benzene rings is 1. The van der Waals surface area contributed by atoms with E-state index in [1.807, 2.05) is 20.8 Å². The Morgan fingerprint density at radius 3 is 2.36 bits per heavy atom. The molecule has 1 atom stereocenters. The zero-order chi connectivity index (χ0) is 24.9. The third-order valence-electron chi connectivity index (χ3n) is 4.44. The Morgan fingerprint density at radius 1 is 1.21 bits per heavy atom. The van der Waals surface area contributed by atoms with Crippen molar-refractivity contribution < 1.29 is 27.9 Å². The minimum Gasteiger partial charge on any atom is -0.443 e. The molecule has 0 radical (unpaired) electrons. The Balaban J connectivity index is 2.19. The molecule has 0 aliphatic carbocycles. The Labute approximate surface area is 194 Å². The first-order valence-corrected chi connectivity index (χ1v) is 11.1. The molecule has 11 heteroatoms. The van der Waals surface area contributed by atoms with Gasteiger partial charge in [0.25, 0.3) is 5.91 Å². The van der Waals surface area contributed by atoms with Crippen LogP contribution in [0.15, 0.2) is 28.7 Å². The summed E-state index contributed by atoms with van der Waals surface area (Å²) in [5, 5.41) is 3.82. The van der Waals surface area contributed by atoms with Crippen molar-refractivity contribution in [3.05, 3.63) is 45.7 Å². The van der Waals surface area contributed by atoms with Crippen LogP contribution in [-0.2, 0) is 21.1 Å². The number of anilines is 1. The van der Waals surface area contributed by atoms with E-state index in [1.165, 1.54) is 4.57 Å². The van der Waals surface area contributed by atoms with E-state index in [9.17, 15) is 23.2 Å². The minimum absolute atomic E-state index is 0.0624. The molecular formula is C22H28F2N4O4S. The number of carbonyl (C=O) groups excluding carboxylic acids is 3. The van der Waals surface area contributed by atoms with E-state index in [0.29, 0.717) is 0 Å². The third-order valence-corrected chi connectivity index (χ3v) is 5.23. The minimum atomic E-state index is -1.09. The van der Waals surface area contributed by atoms with Crippen molar-refractivity contribution in [2.24, 2.45) is 22.1 Å². The lowest BCUT2D eigenvalue weighted by Gasteiger charge is -2.17. The summed E-state index contributed by atoms with van der Waals surface area (Å²) in [4.78, 5) is 40.5. The molecule has 1 aromatic carbocycles. The number of nitrogens with one attached hydrogen (secondary N) is 1. The summed E-state index contributed by atoms with van der Waals surface area (Å²) < 4.78 is 35.4. The van der Waals surface area contributed by atoms with Crippen LogP contribution in [0.1, 0.15) is 51.4 Å². The SMILES string of the molecule is CC(C)C(N)C(=O)OCn1ccs/c1=N\C(=O)c1cc(F)c(NC(=O)CC(C)(C)C)c(F)c1. The molecule has 1 unspecified atom stereocenters. The first-order valence-electron chi connectivity index (χ1n) is 10.2. The van der Waals surface area contributed by atoms with E-state index in [1.54, 1.807) is 25.4 Å². The summed E-state index contributed by atoms with van der Waals surface area (Å²) >= 11 is 1.07. The van der Waals surface area contributed by atoms with Crippen molar-refractivity contribution in [1.29, 1.82) is 0 Å². The van der Waals surface area contributed by atoms with E-state index in [0.717, 1.165) is 23.5 Å². The fraction of sp³-hybridized carbons (Fsp3) is 0.455. The average Bonchev–Trinajstić information content (AvgIpc) is 3.13. The van der Waals surface area contributed by atoms with Crippen LogP contribution in [-0.4, -0.2) is 28.4 Å². The second-order valence-corrected chi connectivity index (χ2v) is 9.91. The van der Waals surface area contributed by atoms with Crippen molar-refractivity contribution in [2.45, 2.75) is 53.8 Å². The zero-order valence-electron chi connectivity index (χ0n) is 19.1. The van der Waals surface area contributed by atoms with Gasteiger partial charge in [-0.15, -0.1) is 11.3 Å². The topological polar surface area (TPSA) is 116 Å². The van der Waals surface area contributed by atoms with Gasteiger partial charge in [-0.2, -0.15) is 4.99 Å². The maximum Gasteiger partial charge on any atom is 0.324 e. The van der Waals surface area contributed by atoms with Crippen LogP contribution in [0.3, 0.4) is 0 Å². The van der Waals surface area contributed by atoms with Crippen LogP contribution in [0.2, 0.25) is 0 Å². The molecule has 1 heterocycles. The molecule has 8 nitrogen and oxygen atoms in total. The number of hydrogen-bond acceptors (Lipinski definition) is 6. The summed E-state index contributed by atoms with van der Waals surface area (Å²) in [6.07, 6.45) is 1.60. The van der Waals surface area contributed by atoms with Gasteiger partial charge < -0.3 is 15.8 Å². The van der Waals surface area contributed by atoms with Gasteiger partial charge in [0, 0.05) is 23.6 Å². The van der Waals surface area contributed by atoms with Gasteiger partial charge in [0.05, 0.1) is 0 Å². The number of carbonyl (C=O) groups is 3. The number of nitrogens with two attached hydrogens (primary N) is 1. The van der Waals surface area contributed by atoms with Crippen LogP contribution in [0.25, 0.3) is 0 Å². The van der Waals surface area contributed by atoms with Gasteiger partial charge in [0.15, 0.2) is 23.2 Å². The molecule has 0 bridgehead atoms. The smallest absolute Gasteiger partial charge is 0.324 e. The summed E-state index contributed by atoms with van der Waals surface area (Å²) in [5.74, 6) is -4.34. The third kappa shape index (κ3) is 7.57. The van der Waals surface area contributed by atoms with Crippen molar-refractivity contribution in [2.75, 3.05) is 5.32 Å². The van der Waals surface area contributed by atoms with Crippen LogP contribution in [0.4, 0.5) is 14.5 Å². The van der Waals surface area contributed by atoms with Gasteiger partial charge in [-0.05, 0) is 23.5 Å². The van der Waals surface area contributed by atoms with E-state index in [-0.39, 0.29) is 34.8 Å². The number of rotatable bonds is 7. The molecule has 3 N–H and O–H groups in total. The van der Waals surface area contributed by atoms with E-state index >= 15 is 0 Å². The van der Waals surface area contributed by atoms with E-state index in [2.05, 4.69) is 10.3 Å². The first kappa shape index (κ1) is 26.3. The van der Waals surface area contributed by atoms with Crippen molar-refractivity contribution in [1.82, 2.24) is 4.57 Å². The van der Waals surface area contributed by atoms with Crippen molar-refractivity contribution >= 4 is 34.8 Å². The predicted molar refractivity (Wildman–Crippen MR) is 120 cm³/mol. The summed E-state index contributed by atoms with van der Waals surface area (Å²) in [5.41, 5.74) is 4.41. The Kier molecular flexibility index (Phi) is 8.62. The molecule has 33 heavy (non-hydrogen) atoms. The number of amides is 2. The maximum absolute atomic E-state index is 14.5. The normalized spacial score (nSPS) is 13.2. The monoisotopic (exact) mass is 482 g/mol. The first-order chi connectivity index (χ1) is 15.3. The number of halogens is 2. The highest BCUT2D eigenvalue weighted by molar-refractivity contribution is 7.07. The van der Waals surface area contributed by atoms with E-state index in [4.69, 9.17) is 10.5 Å². The molecule has 2 amide bonds. The van der Waals surface area contributed by atoms with Crippen molar-refractivity contribution in [3.63, 3.8) is 0 Å². The summed E-state index contributed by atoms with van der Waals surface area (Å²) in [7, 11) is 0. The largest absolute Gasteiger partial charge is 0.443 e. The average molecular weight is 483 g/mol. The lowest BCUT2D eigenvalue weighted by atomic mass is 9.92.